The Morgan fingerprint density at radius 1 is 1.40 bits per heavy atom. The Labute approximate surface area is 122 Å². The molecule has 5 heteroatoms. The third-order valence-corrected chi connectivity index (χ3v) is 3.92. The van der Waals surface area contributed by atoms with Crippen LogP contribution in [-0.4, -0.2) is 35.0 Å². The van der Waals surface area contributed by atoms with Crippen molar-refractivity contribution >= 4 is 29.6 Å². The second-order valence-electron chi connectivity index (χ2n) is 4.91. The fraction of sp³-hybridized carbons (Fsp3) is 0.333. The molecule has 1 saturated carbocycles. The molecule has 2 rings (SSSR count). The highest BCUT2D eigenvalue weighted by molar-refractivity contribution is 6.32. The average molecular weight is 294 g/mol. The van der Waals surface area contributed by atoms with Crippen LogP contribution in [0.4, 0.5) is 0 Å². The van der Waals surface area contributed by atoms with Crippen molar-refractivity contribution < 1.29 is 14.7 Å². The van der Waals surface area contributed by atoms with E-state index in [0.717, 1.165) is 18.9 Å². The number of halogens is 1. The molecule has 4 nitrogen and oxygen atoms in total. The second-order valence-corrected chi connectivity index (χ2v) is 5.32. The number of rotatable bonds is 4. The molecule has 106 valence electrons. The van der Waals surface area contributed by atoms with E-state index in [0.29, 0.717) is 22.2 Å². The van der Waals surface area contributed by atoms with Gasteiger partial charge in [0.15, 0.2) is 0 Å². The molecule has 1 fully saturated rings. The van der Waals surface area contributed by atoms with Crippen molar-refractivity contribution in [2.75, 3.05) is 7.05 Å². The third kappa shape index (κ3) is 3.20. The number of benzene rings is 1. The lowest BCUT2D eigenvalue weighted by Gasteiger charge is -2.34. The van der Waals surface area contributed by atoms with Gasteiger partial charge in [-0.25, -0.2) is 4.79 Å². The Balaban J connectivity index is 2.15. The minimum Gasteiger partial charge on any atom is -0.478 e. The third-order valence-electron chi connectivity index (χ3n) is 3.60. The zero-order valence-electron chi connectivity index (χ0n) is 11.2. The van der Waals surface area contributed by atoms with Crippen LogP contribution in [0.3, 0.4) is 0 Å². The normalized spacial score (nSPS) is 15.1. The number of nitrogens with zero attached hydrogens (tertiary/aromatic N) is 1. The van der Waals surface area contributed by atoms with Crippen LogP contribution in [0.25, 0.3) is 6.08 Å². The van der Waals surface area contributed by atoms with Crippen molar-refractivity contribution in [3.8, 4) is 0 Å². The van der Waals surface area contributed by atoms with Crippen molar-refractivity contribution in [1.29, 1.82) is 0 Å². The monoisotopic (exact) mass is 293 g/mol. The molecule has 0 aromatic heterocycles. The van der Waals surface area contributed by atoms with Crippen molar-refractivity contribution in [2.45, 2.75) is 25.3 Å². The predicted octanol–water partition coefficient (Wildman–Crippen LogP) is 3.06. The van der Waals surface area contributed by atoms with E-state index in [2.05, 4.69) is 0 Å². The molecular weight excluding hydrogens is 278 g/mol. The molecule has 20 heavy (non-hydrogen) atoms. The molecule has 0 radical (unpaired) electrons. The van der Waals surface area contributed by atoms with Crippen LogP contribution >= 0.6 is 11.6 Å². The predicted molar refractivity (Wildman–Crippen MR) is 77.9 cm³/mol. The molecule has 0 aliphatic heterocycles. The van der Waals surface area contributed by atoms with Crippen LogP contribution in [0, 0.1) is 0 Å². The fourth-order valence-electron chi connectivity index (χ4n) is 2.10. The summed E-state index contributed by atoms with van der Waals surface area (Å²) < 4.78 is 0. The zero-order chi connectivity index (χ0) is 14.7. The number of hydrogen-bond acceptors (Lipinski definition) is 2. The topological polar surface area (TPSA) is 57.6 Å². The van der Waals surface area contributed by atoms with Gasteiger partial charge in [-0.1, -0.05) is 17.7 Å². The summed E-state index contributed by atoms with van der Waals surface area (Å²) in [6.45, 7) is 0. The largest absolute Gasteiger partial charge is 0.478 e. The molecule has 0 bridgehead atoms. The molecule has 1 aromatic rings. The van der Waals surface area contributed by atoms with Gasteiger partial charge in [0.2, 0.25) is 0 Å². The maximum atomic E-state index is 12.3. The van der Waals surface area contributed by atoms with Gasteiger partial charge in [0.25, 0.3) is 5.91 Å². The summed E-state index contributed by atoms with van der Waals surface area (Å²) in [6.07, 6.45) is 5.70. The molecule has 1 aromatic carbocycles. The standard InChI is InChI=1S/C15H16ClNO3/c1-17(12-3-2-4-12)15(20)11-6-5-10(13(16)9-11)7-8-14(18)19/h5-9,12H,2-4H2,1H3,(H,18,19)/b8-7+. The van der Waals surface area contributed by atoms with Gasteiger partial charge in [-0.15, -0.1) is 0 Å². The summed E-state index contributed by atoms with van der Waals surface area (Å²) >= 11 is 6.07. The van der Waals surface area contributed by atoms with Crippen molar-refractivity contribution in [3.63, 3.8) is 0 Å². The SMILES string of the molecule is CN(C(=O)c1ccc(/C=C/C(=O)O)c(Cl)c1)C1CCC1. The molecule has 1 aliphatic rings. The van der Waals surface area contributed by atoms with Crippen LogP contribution in [0.1, 0.15) is 35.2 Å². The van der Waals surface area contributed by atoms with E-state index in [9.17, 15) is 9.59 Å². The number of carbonyl (C=O) groups is 2. The summed E-state index contributed by atoms with van der Waals surface area (Å²) in [5.41, 5.74) is 1.11. The van der Waals surface area contributed by atoms with Gasteiger partial charge in [-0.2, -0.15) is 0 Å². The molecule has 0 atom stereocenters. The maximum absolute atomic E-state index is 12.3. The smallest absolute Gasteiger partial charge is 0.328 e. The first-order valence-corrected chi connectivity index (χ1v) is 6.84. The molecular formula is C15H16ClNO3. The molecule has 1 aliphatic carbocycles. The van der Waals surface area contributed by atoms with Gasteiger partial charge < -0.3 is 10.0 Å². The van der Waals surface area contributed by atoms with Crippen LogP contribution in [0.15, 0.2) is 24.3 Å². The van der Waals surface area contributed by atoms with Crippen LogP contribution in [0.5, 0.6) is 0 Å². The Bertz CT molecular complexity index is 564. The van der Waals surface area contributed by atoms with Gasteiger partial charge in [0.05, 0.1) is 0 Å². The Morgan fingerprint density at radius 2 is 2.10 bits per heavy atom. The number of carboxylic acid groups (broad SMARTS) is 1. The summed E-state index contributed by atoms with van der Waals surface area (Å²) in [4.78, 5) is 24.5. The molecule has 0 heterocycles. The van der Waals surface area contributed by atoms with Gasteiger partial charge in [0.1, 0.15) is 0 Å². The summed E-state index contributed by atoms with van der Waals surface area (Å²) in [6, 6.07) is 5.24. The van der Waals surface area contributed by atoms with E-state index >= 15 is 0 Å². The van der Waals surface area contributed by atoms with E-state index < -0.39 is 5.97 Å². The Kier molecular flexibility index (Phi) is 4.45. The summed E-state index contributed by atoms with van der Waals surface area (Å²) in [7, 11) is 1.80. The quantitative estimate of drug-likeness (QED) is 0.868. The lowest BCUT2D eigenvalue weighted by atomic mass is 9.91. The van der Waals surface area contributed by atoms with Crippen molar-refractivity contribution in [3.05, 3.63) is 40.4 Å². The highest BCUT2D eigenvalue weighted by Crippen LogP contribution is 2.26. The second kappa shape index (κ2) is 6.09. The minimum absolute atomic E-state index is 0.0506. The highest BCUT2D eigenvalue weighted by Gasteiger charge is 2.26. The number of hydrogen-bond donors (Lipinski definition) is 1. The van der Waals surface area contributed by atoms with Gasteiger partial charge in [-0.05, 0) is 43.0 Å². The molecule has 0 saturated heterocycles. The average Bonchev–Trinajstić information content (AvgIpc) is 2.34. The number of carboxylic acids is 1. The number of carbonyl (C=O) groups excluding carboxylic acids is 1. The molecule has 0 unspecified atom stereocenters. The maximum Gasteiger partial charge on any atom is 0.328 e. The lowest BCUT2D eigenvalue weighted by molar-refractivity contribution is -0.131. The Morgan fingerprint density at radius 3 is 2.60 bits per heavy atom. The minimum atomic E-state index is -1.04. The first-order chi connectivity index (χ1) is 9.49. The van der Waals surface area contributed by atoms with Gasteiger partial charge >= 0.3 is 5.97 Å². The van der Waals surface area contributed by atoms with E-state index in [-0.39, 0.29) is 5.91 Å². The molecule has 0 spiro atoms. The van der Waals surface area contributed by atoms with E-state index in [1.807, 2.05) is 0 Å². The van der Waals surface area contributed by atoms with E-state index in [4.69, 9.17) is 16.7 Å². The van der Waals surface area contributed by atoms with Gasteiger partial charge in [0, 0.05) is 29.8 Å². The van der Waals surface area contributed by atoms with Crippen LogP contribution in [0.2, 0.25) is 5.02 Å². The van der Waals surface area contributed by atoms with Crippen molar-refractivity contribution in [2.24, 2.45) is 0 Å². The van der Waals surface area contributed by atoms with Crippen LogP contribution < -0.4 is 0 Å². The fourth-order valence-corrected chi connectivity index (χ4v) is 2.34. The Hall–Kier alpha value is -1.81. The van der Waals surface area contributed by atoms with E-state index in [1.165, 1.54) is 12.5 Å². The van der Waals surface area contributed by atoms with Gasteiger partial charge in [-0.3, -0.25) is 4.79 Å². The number of aliphatic carboxylic acids is 1. The molecule has 1 N–H and O–H groups in total. The van der Waals surface area contributed by atoms with Crippen molar-refractivity contribution in [1.82, 2.24) is 4.90 Å². The van der Waals surface area contributed by atoms with Crippen LogP contribution in [-0.2, 0) is 4.79 Å². The summed E-state index contributed by atoms with van der Waals surface area (Å²) in [5.74, 6) is -1.09. The lowest BCUT2D eigenvalue weighted by Crippen LogP contribution is -2.41. The number of amides is 1. The van der Waals surface area contributed by atoms with E-state index in [1.54, 1.807) is 30.1 Å². The molecule has 1 amide bonds. The highest BCUT2D eigenvalue weighted by atomic mass is 35.5. The first-order valence-electron chi connectivity index (χ1n) is 6.47. The first kappa shape index (κ1) is 14.6. The summed E-state index contributed by atoms with van der Waals surface area (Å²) in [5, 5.41) is 8.96. The zero-order valence-corrected chi connectivity index (χ0v) is 11.9.